The van der Waals surface area contributed by atoms with E-state index in [4.69, 9.17) is 16.6 Å². The van der Waals surface area contributed by atoms with Gasteiger partial charge in [-0.15, -0.1) is 0 Å². The average molecular weight is 381 g/mol. The van der Waals surface area contributed by atoms with E-state index in [1.807, 2.05) is 18.2 Å². The number of hydrogen-bond acceptors (Lipinski definition) is 2. The van der Waals surface area contributed by atoms with Crippen LogP contribution in [0.15, 0.2) is 18.2 Å². The molecule has 2 aromatic rings. The van der Waals surface area contributed by atoms with Crippen LogP contribution in [0.4, 0.5) is 0 Å². The number of carbonyl (C=O) groups is 1. The summed E-state index contributed by atoms with van der Waals surface area (Å²) in [6.07, 6.45) is 10.7. The summed E-state index contributed by atoms with van der Waals surface area (Å²) in [5, 5.41) is 5.17. The Morgan fingerprint density at radius 3 is 2.48 bits per heavy atom. The molecule has 7 rings (SSSR count). The maximum Gasteiger partial charge on any atom is 0.252 e. The Morgan fingerprint density at radius 1 is 1.07 bits per heavy atom. The van der Waals surface area contributed by atoms with E-state index in [-0.39, 0.29) is 11.4 Å². The van der Waals surface area contributed by atoms with Crippen LogP contribution in [0.2, 0.25) is 5.02 Å². The number of carbonyl (C=O) groups excluding carboxylic acids is 1. The van der Waals surface area contributed by atoms with E-state index in [9.17, 15) is 4.79 Å². The fourth-order valence-corrected chi connectivity index (χ4v) is 7.23. The lowest BCUT2D eigenvalue weighted by atomic mass is 9.53. The zero-order chi connectivity index (χ0) is 18.2. The predicted octanol–water partition coefficient (Wildman–Crippen LogP) is 5.08. The van der Waals surface area contributed by atoms with Gasteiger partial charge >= 0.3 is 0 Å². The summed E-state index contributed by atoms with van der Waals surface area (Å²) in [6, 6.07) is 5.76. The first kappa shape index (κ1) is 16.4. The van der Waals surface area contributed by atoms with Crippen molar-refractivity contribution in [1.82, 2.24) is 10.3 Å². The van der Waals surface area contributed by atoms with Crippen LogP contribution >= 0.6 is 11.6 Å². The van der Waals surface area contributed by atoms with E-state index in [0.717, 1.165) is 64.7 Å². The molecule has 0 atom stereocenters. The summed E-state index contributed by atoms with van der Waals surface area (Å²) in [5.41, 5.74) is 4.06. The molecule has 4 heteroatoms. The van der Waals surface area contributed by atoms with Crippen molar-refractivity contribution in [3.8, 4) is 0 Å². The monoisotopic (exact) mass is 380 g/mol. The second kappa shape index (κ2) is 5.70. The van der Waals surface area contributed by atoms with Crippen LogP contribution < -0.4 is 5.32 Å². The molecule has 4 bridgehead atoms. The first-order valence-electron chi connectivity index (χ1n) is 10.5. The lowest BCUT2D eigenvalue weighted by Gasteiger charge is -2.56. The maximum atomic E-state index is 13.6. The molecule has 5 aliphatic carbocycles. The number of hydrogen-bond donors (Lipinski definition) is 1. The maximum absolute atomic E-state index is 13.6. The predicted molar refractivity (Wildman–Crippen MR) is 107 cm³/mol. The van der Waals surface area contributed by atoms with Crippen molar-refractivity contribution < 1.29 is 4.79 Å². The normalized spacial score (nSPS) is 33.4. The number of pyridine rings is 1. The second-order valence-electron chi connectivity index (χ2n) is 9.58. The van der Waals surface area contributed by atoms with Crippen LogP contribution in [0.25, 0.3) is 10.9 Å². The van der Waals surface area contributed by atoms with Crippen molar-refractivity contribution in [2.75, 3.05) is 0 Å². The molecule has 0 saturated heterocycles. The molecule has 140 valence electrons. The zero-order valence-corrected chi connectivity index (χ0v) is 16.3. The zero-order valence-electron chi connectivity index (χ0n) is 15.6. The van der Waals surface area contributed by atoms with Crippen LogP contribution in [0.5, 0.6) is 0 Å². The van der Waals surface area contributed by atoms with Crippen molar-refractivity contribution >= 4 is 28.4 Å². The van der Waals surface area contributed by atoms with Gasteiger partial charge < -0.3 is 5.32 Å². The quantitative estimate of drug-likeness (QED) is 0.789. The molecular formula is C23H25ClN2O. The van der Waals surface area contributed by atoms with E-state index >= 15 is 0 Å². The Morgan fingerprint density at radius 2 is 1.78 bits per heavy atom. The topological polar surface area (TPSA) is 42.0 Å². The number of amides is 1. The van der Waals surface area contributed by atoms with Gasteiger partial charge in [-0.25, -0.2) is 0 Å². The van der Waals surface area contributed by atoms with E-state index in [1.165, 1.54) is 38.5 Å². The summed E-state index contributed by atoms with van der Waals surface area (Å²) in [4.78, 5) is 18.5. The molecule has 0 spiro atoms. The van der Waals surface area contributed by atoms with Crippen molar-refractivity contribution in [3.05, 3.63) is 40.0 Å². The second-order valence-corrected chi connectivity index (χ2v) is 10.0. The number of halogens is 1. The van der Waals surface area contributed by atoms with Gasteiger partial charge in [0.15, 0.2) is 0 Å². The molecule has 0 unspecified atom stereocenters. The summed E-state index contributed by atoms with van der Waals surface area (Å²) in [5.74, 6) is 2.59. The minimum Gasteiger partial charge on any atom is -0.347 e. The van der Waals surface area contributed by atoms with Crippen LogP contribution in [-0.2, 0) is 12.8 Å². The van der Waals surface area contributed by atoms with Gasteiger partial charge in [-0.1, -0.05) is 11.6 Å². The fourth-order valence-electron chi connectivity index (χ4n) is 7.06. The molecular weight excluding hydrogens is 356 g/mol. The number of nitrogens with zero attached hydrogens (tertiary/aromatic N) is 1. The molecule has 0 aliphatic heterocycles. The molecule has 4 saturated carbocycles. The largest absolute Gasteiger partial charge is 0.347 e. The van der Waals surface area contributed by atoms with E-state index in [1.54, 1.807) is 0 Å². The Balaban J connectivity index is 1.43. The van der Waals surface area contributed by atoms with Gasteiger partial charge in [-0.05, 0) is 99.3 Å². The molecule has 5 aliphatic rings. The lowest BCUT2D eigenvalue weighted by molar-refractivity contribution is -0.0166. The van der Waals surface area contributed by atoms with Gasteiger partial charge in [0.2, 0.25) is 0 Å². The SMILES string of the molecule is O=C(NC12CC3CC(CC(C3)C1)C2)c1c2c(nc3ccc(Cl)cc13)CCC2. The van der Waals surface area contributed by atoms with Gasteiger partial charge in [-0.3, -0.25) is 9.78 Å². The standard InChI is InChI=1S/C23H25ClN2O/c24-16-4-5-20-18(9-16)21(17-2-1-3-19(17)25-20)22(27)26-23-10-13-6-14(11-23)8-15(7-13)12-23/h4-5,9,13-15H,1-3,6-8,10-12H2,(H,26,27). The van der Waals surface area contributed by atoms with Gasteiger partial charge in [0.1, 0.15) is 0 Å². The summed E-state index contributed by atoms with van der Waals surface area (Å²) >= 11 is 6.29. The summed E-state index contributed by atoms with van der Waals surface area (Å²) in [6.45, 7) is 0. The number of aryl methyl sites for hydroxylation is 1. The van der Waals surface area contributed by atoms with E-state index in [0.29, 0.717) is 5.02 Å². The molecule has 1 aromatic heterocycles. The van der Waals surface area contributed by atoms with E-state index in [2.05, 4.69) is 5.32 Å². The highest BCUT2D eigenvalue weighted by atomic mass is 35.5. The first-order valence-corrected chi connectivity index (χ1v) is 10.9. The Bertz CT molecular complexity index is 931. The molecule has 1 N–H and O–H groups in total. The van der Waals surface area contributed by atoms with Gasteiger partial charge in [0, 0.05) is 21.6 Å². The number of benzene rings is 1. The molecule has 1 heterocycles. The van der Waals surface area contributed by atoms with Crippen LogP contribution in [0, 0.1) is 17.8 Å². The lowest BCUT2D eigenvalue weighted by Crippen LogP contribution is -2.59. The molecule has 4 fully saturated rings. The number of nitrogens with one attached hydrogen (secondary N) is 1. The highest BCUT2D eigenvalue weighted by molar-refractivity contribution is 6.31. The smallest absolute Gasteiger partial charge is 0.252 e. The molecule has 1 amide bonds. The van der Waals surface area contributed by atoms with Crippen LogP contribution in [0.3, 0.4) is 0 Å². The highest BCUT2D eigenvalue weighted by Crippen LogP contribution is 2.55. The Hall–Kier alpha value is -1.61. The number of aromatic nitrogens is 1. The van der Waals surface area contributed by atoms with Crippen molar-refractivity contribution in [2.24, 2.45) is 17.8 Å². The van der Waals surface area contributed by atoms with Gasteiger partial charge in [-0.2, -0.15) is 0 Å². The third-order valence-corrected chi connectivity index (χ3v) is 7.85. The fraction of sp³-hybridized carbons (Fsp3) is 0.565. The van der Waals surface area contributed by atoms with Crippen molar-refractivity contribution in [1.29, 1.82) is 0 Å². The number of fused-ring (bicyclic) bond motifs is 2. The summed E-state index contributed by atoms with van der Waals surface area (Å²) < 4.78 is 0. The molecule has 27 heavy (non-hydrogen) atoms. The molecule has 3 nitrogen and oxygen atoms in total. The highest BCUT2D eigenvalue weighted by Gasteiger charge is 2.51. The van der Waals surface area contributed by atoms with Crippen molar-refractivity contribution in [2.45, 2.75) is 63.3 Å². The Labute approximate surface area is 164 Å². The molecule has 1 aromatic carbocycles. The number of rotatable bonds is 2. The van der Waals surface area contributed by atoms with E-state index < -0.39 is 0 Å². The van der Waals surface area contributed by atoms with Crippen molar-refractivity contribution in [3.63, 3.8) is 0 Å². The third-order valence-electron chi connectivity index (χ3n) is 7.62. The minimum atomic E-state index is 0.0332. The minimum absolute atomic E-state index is 0.0332. The third kappa shape index (κ3) is 2.54. The van der Waals surface area contributed by atoms with Crippen LogP contribution in [-0.4, -0.2) is 16.4 Å². The summed E-state index contributed by atoms with van der Waals surface area (Å²) in [7, 11) is 0. The van der Waals surface area contributed by atoms with Gasteiger partial charge in [0.25, 0.3) is 5.91 Å². The van der Waals surface area contributed by atoms with Crippen LogP contribution in [0.1, 0.15) is 66.6 Å². The van der Waals surface area contributed by atoms with Gasteiger partial charge in [0.05, 0.1) is 11.1 Å². The average Bonchev–Trinajstić information content (AvgIpc) is 3.05. The molecule has 0 radical (unpaired) electrons. The Kier molecular flexibility index (Phi) is 3.45. The first-order chi connectivity index (χ1) is 13.1.